The van der Waals surface area contributed by atoms with Crippen molar-refractivity contribution in [3.63, 3.8) is 0 Å². The molecule has 5 aromatic heterocycles. The van der Waals surface area contributed by atoms with Gasteiger partial charge in [0.1, 0.15) is 50.5 Å². The van der Waals surface area contributed by atoms with E-state index >= 15 is 0 Å². The number of nitrogens with zero attached hydrogens (tertiary/aromatic N) is 4. The summed E-state index contributed by atoms with van der Waals surface area (Å²) < 4.78 is 89.8. The van der Waals surface area contributed by atoms with Crippen molar-refractivity contribution in [1.82, 2.24) is 30.5 Å². The Bertz CT molecular complexity index is 7380. The molecule has 11 N–H and O–H groups in total. The molecule has 37 heteroatoms. The van der Waals surface area contributed by atoms with Gasteiger partial charge in [0.15, 0.2) is 46.0 Å². The van der Waals surface area contributed by atoms with Gasteiger partial charge in [0.2, 0.25) is 32.9 Å². The third kappa shape index (κ3) is 20.5. The molecule has 5 aliphatic rings. The van der Waals surface area contributed by atoms with E-state index in [9.17, 15) is 81.3 Å². The average Bonchev–Trinajstić information content (AvgIpc) is 1.07. The van der Waals surface area contributed by atoms with E-state index in [1.54, 1.807) is 56.0 Å². The number of aromatic hydroxyl groups is 7. The molecule has 20 rings (SSSR count). The zero-order valence-corrected chi connectivity index (χ0v) is 75.4. The maximum Gasteiger partial charge on any atom is 0.586 e. The molecule has 0 saturated carbocycles. The number of ketones is 1. The highest BCUT2D eigenvalue weighted by Crippen LogP contribution is 2.50. The monoisotopic (exact) mass is 1950 g/mol. The van der Waals surface area contributed by atoms with E-state index in [-0.39, 0.29) is 83.8 Å². The third-order valence-electron chi connectivity index (χ3n) is 21.1. The maximum atomic E-state index is 13.3. The van der Waals surface area contributed by atoms with Gasteiger partial charge in [0.25, 0.3) is 17.1 Å². The van der Waals surface area contributed by atoms with Crippen LogP contribution in [-0.4, -0.2) is 117 Å². The predicted molar refractivity (Wildman–Crippen MR) is 502 cm³/mol. The summed E-state index contributed by atoms with van der Waals surface area (Å²) in [6.07, 6.45) is 7.69. The van der Waals surface area contributed by atoms with Gasteiger partial charge in [-0.05, 0) is 205 Å². The van der Waals surface area contributed by atoms with Gasteiger partial charge in [-0.2, -0.15) is 5.10 Å². The molecule has 15 aromatic rings. The number of rotatable bonds is 10. The fourth-order valence-corrected chi connectivity index (χ4v) is 18.5. The van der Waals surface area contributed by atoms with Gasteiger partial charge in [0.05, 0.1) is 59.0 Å². The van der Waals surface area contributed by atoms with Crippen molar-refractivity contribution in [3.8, 4) is 97.1 Å². The number of aromatic nitrogens is 5. The molecule has 1 atom stereocenters. The van der Waals surface area contributed by atoms with Crippen molar-refractivity contribution in [2.75, 3.05) is 11.9 Å². The number of carbonyl (C=O) groups excluding carboxylic acids is 4. The number of Topliss-reactive ketones (excluding diaryl/α,β-unsaturated/α-hetero) is 1. The lowest BCUT2D eigenvalue weighted by molar-refractivity contribution is -0.286. The van der Waals surface area contributed by atoms with Gasteiger partial charge in [-0.25, -0.2) is 12.8 Å². The first-order chi connectivity index (χ1) is 63.9. The van der Waals surface area contributed by atoms with Crippen LogP contribution in [0.15, 0.2) is 254 Å². The summed E-state index contributed by atoms with van der Waals surface area (Å²) >= 11 is 30.0. The van der Waals surface area contributed by atoms with Crippen LogP contribution in [0.5, 0.6) is 63.2 Å². The number of aryl methyl sites for hydroxylation is 4. The molecule has 1 saturated heterocycles. The third-order valence-corrected chi connectivity index (χ3v) is 25.8. The van der Waals surface area contributed by atoms with E-state index in [4.69, 9.17) is 76.9 Å². The number of aliphatic imine (C=N–C) groups is 1. The van der Waals surface area contributed by atoms with Crippen LogP contribution in [-0.2, 0) is 37.1 Å². The number of benzene rings is 10. The molecule has 1 fully saturated rings. The Morgan fingerprint density at radius 1 is 0.604 bits per heavy atom. The number of nitrogens with one attached hydrogen (secondary N) is 4. The fraction of sp³-hybridized carbons (Fsp3) is 0.103. The average molecular weight is 1950 g/mol. The molecule has 0 bridgehead atoms. The molecule has 27 nitrogen and oxygen atoms in total. The quantitative estimate of drug-likeness (QED) is 0.0344. The van der Waals surface area contributed by atoms with Crippen LogP contribution < -0.4 is 35.0 Å². The minimum absolute atomic E-state index is 0.0546. The van der Waals surface area contributed by atoms with Crippen molar-refractivity contribution in [2.24, 2.45) is 4.99 Å². The fourth-order valence-electron chi connectivity index (χ4n) is 14.3. The second-order valence-electron chi connectivity index (χ2n) is 30.3. The van der Waals surface area contributed by atoms with Crippen molar-refractivity contribution < 1.29 is 99.9 Å². The van der Waals surface area contributed by atoms with Gasteiger partial charge in [-0.15, -0.1) is 8.78 Å². The molecule has 680 valence electrons. The second kappa shape index (κ2) is 39.3. The van der Waals surface area contributed by atoms with Gasteiger partial charge in [-0.1, -0.05) is 148 Å². The van der Waals surface area contributed by atoms with Crippen LogP contribution in [0.4, 0.5) is 23.7 Å². The lowest BCUT2D eigenvalue weighted by atomic mass is 9.96. The number of H-pyrrole nitrogens is 2. The van der Waals surface area contributed by atoms with Crippen molar-refractivity contribution in [2.45, 2.75) is 69.1 Å². The van der Waals surface area contributed by atoms with E-state index in [1.165, 1.54) is 72.7 Å². The molecular formula is C97H70Cl5F3N8O19S2. The van der Waals surface area contributed by atoms with Gasteiger partial charge < -0.3 is 69.4 Å². The number of halogens is 8. The largest absolute Gasteiger partial charge is 0.586 e. The Labute approximate surface area is 787 Å². The van der Waals surface area contributed by atoms with Crippen LogP contribution in [0.3, 0.4) is 0 Å². The number of para-hydroxylation sites is 2. The summed E-state index contributed by atoms with van der Waals surface area (Å²) in [4.78, 5) is 74.8. The Morgan fingerprint density at radius 3 is 1.97 bits per heavy atom. The number of allylic oxidation sites excluding steroid dienone is 1. The van der Waals surface area contributed by atoms with Gasteiger partial charge >= 0.3 is 6.29 Å². The number of amides is 3. The minimum Gasteiger partial charge on any atom is -0.508 e. The summed E-state index contributed by atoms with van der Waals surface area (Å²) in [5.41, 5.74) is 16.7. The number of phenols is 6. The lowest BCUT2D eigenvalue weighted by Crippen LogP contribution is -2.40. The zero-order valence-electron chi connectivity index (χ0n) is 70.0. The normalized spacial score (nSPS) is 14.5. The zero-order chi connectivity index (χ0) is 95.5. The number of pyridine rings is 2. The second-order valence-corrected chi connectivity index (χ2v) is 35.1. The summed E-state index contributed by atoms with van der Waals surface area (Å²) in [6.45, 7) is 7.45. The van der Waals surface area contributed by atoms with E-state index in [0.717, 1.165) is 109 Å². The molecule has 9 heterocycles. The molecule has 0 spiro atoms. The van der Waals surface area contributed by atoms with Crippen LogP contribution in [0, 0.1) is 33.5 Å². The van der Waals surface area contributed by atoms with Crippen molar-refractivity contribution in [1.29, 1.82) is 0 Å². The highest BCUT2D eigenvalue weighted by Gasteiger charge is 2.44. The highest BCUT2D eigenvalue weighted by atomic mass is 35.5. The van der Waals surface area contributed by atoms with Gasteiger partial charge in [0, 0.05) is 83.4 Å². The first-order valence-electron chi connectivity index (χ1n) is 40.0. The SMILES string of the molecule is Cc1cc(Cl)c(Cl)c(S(=O)(=O)c2c(O)c(Cl)cc(Cl)c2Cl)c1O.Cc1ccc(-c2oc3cc(O)c(O)c(O)c3c(=O)c2O)cc1O.Cc1ccc(C2=NC(c3ccc(F)cc3)=C(c3ccncc3)C2)cc1.Cc1ccc2[nH]c3c(c2c1)CC(=O)Cc1cccnc1-3.O=C(Nc1ccc(-c2cn[nH]c2)cc1)C1COc2ccccc2O1.O=C1NC(=O)/C(=C/c2ccc3c(c2)OC(F)(F)O3)S1. The molecule has 1 aliphatic carbocycles. The van der Waals surface area contributed by atoms with Crippen LogP contribution in [0.25, 0.3) is 73.1 Å². The summed E-state index contributed by atoms with van der Waals surface area (Å²) in [5.74, 6) is -4.65. The number of carbonyl (C=O) groups is 4. The first kappa shape index (κ1) is 93.9. The van der Waals surface area contributed by atoms with E-state index in [2.05, 4.69) is 102 Å². The number of anilines is 1. The molecule has 1 unspecified atom stereocenters. The van der Waals surface area contributed by atoms with E-state index < -0.39 is 98.5 Å². The molecule has 134 heavy (non-hydrogen) atoms. The molecule has 0 radical (unpaired) electrons. The van der Waals surface area contributed by atoms with Crippen molar-refractivity contribution in [3.05, 3.63) is 327 Å². The summed E-state index contributed by atoms with van der Waals surface area (Å²) in [5, 5.41) is 79.1. The topological polar surface area (TPSA) is 418 Å². The first-order valence-corrected chi connectivity index (χ1v) is 44.2. The number of fused-ring (bicyclic) bond motifs is 8. The number of phenolic OH excluding ortho intramolecular Hbond substituents is 6. The number of imide groups is 1. The number of hydrogen-bond acceptors (Lipinski definition) is 24. The summed E-state index contributed by atoms with van der Waals surface area (Å²) in [7, 11) is -4.57. The molecule has 10 aromatic carbocycles. The number of aromatic amines is 2. The number of alkyl halides is 2. The number of ether oxygens (including phenoxy) is 4. The smallest absolute Gasteiger partial charge is 0.508 e. The Morgan fingerprint density at radius 2 is 1.28 bits per heavy atom. The number of sulfone groups is 1. The highest BCUT2D eigenvalue weighted by molar-refractivity contribution is 8.18. The standard InChI is InChI=1S/C22H17FN2.C18H15N3O3.C17H14N2O.C16H12O7.C13H7Cl5O4S.C11H5F2NO4S/c1-15-2-4-17(5-3-15)21-14-20(16-10-12-24-13-11-16)22(25-21)18-6-8-19(23)9-7-18;22-18(17-11-23-15-3-1-2-4-16(15)24-17)21-14-7-5-12(6-8-14)13-9-19-20-10-13;1-10-4-5-15-13(7-10)14-9-12(20)8-11-3-2-6-18-16(11)17(14)19-15;1-6-2-3-7(4-8(6)17)16-15(22)14(21)11-10(23-16)5-9(18)12(19)13(11)20;1-4-2-5(14)8(17)12(10(4)19)23(21,22)13-9(18)6(15)3-7(16)11(13)20;12-11(13)17-6-2-1-5(3-7(6)18-11)4-8-9(15)14-10(16)19-8/h2-13H,14H2,1H3;1-10,17H,11H2,(H,19,20)(H,21,22);2-7,19H,8-9H2,1H3;2-5,17-20,22H,1H3;2-3,19-20H,1H3;1-4H,(H,14,15,16)/b;;;;;8-4-. The lowest BCUT2D eigenvalue weighted by Gasteiger charge is -2.25. The van der Waals surface area contributed by atoms with E-state index in [0.29, 0.717) is 41.2 Å². The molecule has 3 amide bonds. The summed E-state index contributed by atoms with van der Waals surface area (Å²) in [6, 6.07) is 55.8. The van der Waals surface area contributed by atoms with Crippen molar-refractivity contribution >= 4 is 153 Å². The Hall–Kier alpha value is -14.8. The minimum atomic E-state index is -4.57. The maximum absolute atomic E-state index is 13.3. The Balaban J connectivity index is 0.000000123. The van der Waals surface area contributed by atoms with Crippen LogP contribution >= 0.6 is 69.8 Å². The van der Waals surface area contributed by atoms with E-state index in [1.807, 2.05) is 72.9 Å². The van der Waals surface area contributed by atoms with Crippen LogP contribution in [0.1, 0.15) is 62.1 Å². The Kier molecular flexibility index (Phi) is 27.6. The van der Waals surface area contributed by atoms with Crippen LogP contribution in [0.2, 0.25) is 25.1 Å². The number of hydrogen-bond donors (Lipinski definition) is 11. The molecular weight excluding hydrogens is 1880 g/mol. The number of thioether (sulfide) groups is 1. The predicted octanol–water partition coefficient (Wildman–Crippen LogP) is 21.5. The molecule has 4 aliphatic heterocycles. The van der Waals surface area contributed by atoms with Gasteiger partial charge in [-0.3, -0.25) is 49.3 Å².